The number of rotatable bonds is 4. The number of fused-ring (bicyclic) bond motifs is 32. The van der Waals surface area contributed by atoms with E-state index in [9.17, 15) is 0 Å². The fraction of sp³-hybridized carbons (Fsp3) is 0.243. The Bertz CT molecular complexity index is 5380. The van der Waals surface area contributed by atoms with Gasteiger partial charge in [0.05, 0.1) is 10.8 Å². The van der Waals surface area contributed by atoms with Gasteiger partial charge in [0, 0.05) is 6.54 Å². The Morgan fingerprint density at radius 3 is 0.681 bits per heavy atom. The molecule has 4 aliphatic carbocycles. The van der Waals surface area contributed by atoms with Crippen molar-refractivity contribution in [2.75, 3.05) is 13.1 Å². The lowest BCUT2D eigenvalue weighted by Crippen LogP contribution is -2.25. The highest BCUT2D eigenvalue weighted by atomic mass is 14.8. The summed E-state index contributed by atoms with van der Waals surface area (Å²) >= 11 is 0. The molecule has 0 bridgehead atoms. The summed E-state index contributed by atoms with van der Waals surface area (Å²) in [4.78, 5) is 0. The first-order chi connectivity index (χ1) is 55.8. The molecule has 113 heavy (non-hydrogen) atoms. The van der Waals surface area contributed by atoms with Crippen molar-refractivity contribution in [3.8, 4) is 44.5 Å². The van der Waals surface area contributed by atoms with E-state index in [0.29, 0.717) is 0 Å². The van der Waals surface area contributed by atoms with E-state index in [0.717, 1.165) is 26.1 Å². The van der Waals surface area contributed by atoms with Crippen molar-refractivity contribution in [2.24, 2.45) is 5.73 Å². The maximum atomic E-state index is 4.85. The van der Waals surface area contributed by atoms with Crippen LogP contribution < -0.4 is 11.1 Å². The van der Waals surface area contributed by atoms with Gasteiger partial charge in [0.15, 0.2) is 0 Å². The molecule has 0 heterocycles. The van der Waals surface area contributed by atoms with E-state index < -0.39 is 0 Å². The van der Waals surface area contributed by atoms with Gasteiger partial charge in [0.25, 0.3) is 0 Å². The molecule has 580 valence electrons. The third kappa shape index (κ3) is 16.5. The molecule has 0 fully saturated rings. The Kier molecular flexibility index (Phi) is 33.0. The first kappa shape index (κ1) is 87.6. The van der Waals surface area contributed by atoms with Gasteiger partial charge in [-0.15, -0.1) is 0 Å². The second kappa shape index (κ2) is 42.6. The highest BCUT2D eigenvalue weighted by Gasteiger charge is 2.53. The van der Waals surface area contributed by atoms with Crippen LogP contribution in [-0.2, 0) is 23.8 Å². The topological polar surface area (TPSA) is 38.0 Å². The average molecular weight is 1490 g/mol. The SMILES string of the molecule is CC.CC.CC.CC.CC.CC.CC.CC.CCN.CCNCc1ccc2c3ccccc3c3ccccc3c2c1.CCc1ccc2c3ccccc3c3ccccc3c2c1.Cc1ccc2c(c1)-c1ccccc1C21c2ccccc2-c2ccccc21.Cc1ccc2c(c1)-c1ccccc1C21c2ccccc2-c2ccccc21. The molecule has 0 unspecified atom stereocenters. The smallest absolute Gasteiger partial charge is 0.0725 e. The minimum Gasteiger partial charge on any atom is -0.331 e. The third-order valence-corrected chi connectivity index (χ3v) is 20.9. The molecule has 0 radical (unpaired) electrons. The molecule has 0 aliphatic heterocycles. The van der Waals surface area contributed by atoms with E-state index in [1.54, 1.807) is 0 Å². The summed E-state index contributed by atoms with van der Waals surface area (Å²) in [5, 5.41) is 19.6. The monoisotopic (exact) mass is 1490 g/mol. The van der Waals surface area contributed by atoms with Crippen molar-refractivity contribution in [2.45, 2.75) is 169 Å². The number of aryl methyl sites for hydroxylation is 3. The molecular weight excluding hydrogens is 1360 g/mol. The normalized spacial score (nSPS) is 11.6. The fourth-order valence-corrected chi connectivity index (χ4v) is 16.9. The van der Waals surface area contributed by atoms with Crippen molar-refractivity contribution >= 4 is 64.6 Å². The molecular formula is C111H126N2. The van der Waals surface area contributed by atoms with Crippen molar-refractivity contribution in [1.29, 1.82) is 0 Å². The molecule has 0 saturated carbocycles. The van der Waals surface area contributed by atoms with Crippen LogP contribution in [0.25, 0.3) is 109 Å². The molecule has 0 aromatic heterocycles. The zero-order valence-corrected chi connectivity index (χ0v) is 71.9. The Labute approximate surface area is 680 Å². The fourth-order valence-electron chi connectivity index (χ4n) is 16.9. The number of nitrogens with two attached hydrogens (primary N) is 1. The van der Waals surface area contributed by atoms with E-state index >= 15 is 0 Å². The molecule has 0 atom stereocenters. The summed E-state index contributed by atoms with van der Waals surface area (Å²) in [6.07, 6.45) is 1.08. The van der Waals surface area contributed by atoms with Gasteiger partial charge in [-0.2, -0.15) is 0 Å². The number of hydrogen-bond acceptors (Lipinski definition) is 2. The van der Waals surface area contributed by atoms with Crippen LogP contribution >= 0.6 is 0 Å². The van der Waals surface area contributed by atoms with E-state index in [1.165, 1.54) is 176 Å². The van der Waals surface area contributed by atoms with E-state index in [-0.39, 0.29) is 10.8 Å². The zero-order chi connectivity index (χ0) is 81.8. The molecule has 16 aromatic carbocycles. The van der Waals surface area contributed by atoms with Crippen molar-refractivity contribution in [1.82, 2.24) is 5.32 Å². The predicted octanol–water partition coefficient (Wildman–Crippen LogP) is 31.8. The summed E-state index contributed by atoms with van der Waals surface area (Å²) < 4.78 is 0. The first-order valence-corrected chi connectivity index (χ1v) is 42.7. The second-order valence-electron chi connectivity index (χ2n) is 26.4. The van der Waals surface area contributed by atoms with Crippen molar-refractivity contribution < 1.29 is 0 Å². The van der Waals surface area contributed by atoms with Crippen LogP contribution in [0.15, 0.2) is 315 Å². The van der Waals surface area contributed by atoms with E-state index in [4.69, 9.17) is 5.73 Å². The van der Waals surface area contributed by atoms with E-state index in [1.807, 2.05) is 118 Å². The van der Waals surface area contributed by atoms with Crippen LogP contribution in [0.2, 0.25) is 0 Å². The minimum absolute atomic E-state index is 0.188. The van der Waals surface area contributed by atoms with Crippen LogP contribution in [0.5, 0.6) is 0 Å². The van der Waals surface area contributed by atoms with Gasteiger partial charge in [-0.3, -0.25) is 0 Å². The summed E-state index contributed by atoms with van der Waals surface area (Å²) in [5.41, 5.74) is 32.1. The first-order valence-electron chi connectivity index (χ1n) is 42.7. The molecule has 3 N–H and O–H groups in total. The molecule has 2 spiro atoms. The lowest BCUT2D eigenvalue weighted by Gasteiger charge is -2.30. The molecule has 0 amide bonds. The Hall–Kier alpha value is -11.0. The van der Waals surface area contributed by atoms with Gasteiger partial charge < -0.3 is 11.1 Å². The molecule has 0 saturated heterocycles. The number of hydrogen-bond donors (Lipinski definition) is 2. The minimum atomic E-state index is -0.188. The van der Waals surface area contributed by atoms with Crippen LogP contribution in [0.1, 0.15) is 198 Å². The highest BCUT2D eigenvalue weighted by Crippen LogP contribution is 2.64. The van der Waals surface area contributed by atoms with Crippen LogP contribution in [0, 0.1) is 13.8 Å². The van der Waals surface area contributed by atoms with Crippen molar-refractivity contribution in [3.63, 3.8) is 0 Å². The van der Waals surface area contributed by atoms with E-state index in [2.05, 4.69) is 348 Å². The van der Waals surface area contributed by atoms with Gasteiger partial charge in [0.1, 0.15) is 0 Å². The standard InChI is InChI=1S/2C26H18.C21H19N.C20H16.C2H7N.8C2H6/c2*1-17-14-15-25-21(16-17)20-10-4-7-13-24(20)26(25)22-11-5-2-8-18(22)19-9-3-6-12-23(19)26;1-2-22-14-15-11-12-20-18-9-4-3-7-16(18)17-8-5-6-10-19(17)21(20)13-15;1-2-14-11-12-19-17-9-4-3-7-15(17)16-8-5-6-10-18(16)20(19)13-14;1-2-3;8*1-2/h2*2-16H,1H3;3-13,22H,2,14H2,1H3;3-13H,2H2,1H3;2-3H2,1H3;8*1-2H3. The molecule has 2 heteroatoms. The molecule has 20 rings (SSSR count). The van der Waals surface area contributed by atoms with Crippen molar-refractivity contribution in [3.05, 3.63) is 382 Å². The predicted molar refractivity (Wildman–Crippen MR) is 505 cm³/mol. The largest absolute Gasteiger partial charge is 0.331 e. The summed E-state index contributed by atoms with van der Waals surface area (Å²) in [6, 6.07) is 116. The maximum Gasteiger partial charge on any atom is 0.0725 e. The zero-order valence-electron chi connectivity index (χ0n) is 71.9. The van der Waals surface area contributed by atoms with Crippen LogP contribution in [-0.4, -0.2) is 13.1 Å². The van der Waals surface area contributed by atoms with Gasteiger partial charge in [-0.1, -0.05) is 452 Å². The van der Waals surface area contributed by atoms with Gasteiger partial charge in [0.2, 0.25) is 0 Å². The summed E-state index contributed by atoms with van der Waals surface area (Å²) in [6.45, 7) is 45.3. The number of nitrogens with one attached hydrogen (secondary N) is 1. The number of benzene rings is 16. The van der Waals surface area contributed by atoms with Gasteiger partial charge in [-0.25, -0.2) is 0 Å². The van der Waals surface area contributed by atoms with Gasteiger partial charge >= 0.3 is 0 Å². The second-order valence-corrected chi connectivity index (χ2v) is 26.4. The van der Waals surface area contributed by atoms with Crippen LogP contribution in [0.4, 0.5) is 0 Å². The average Bonchev–Trinajstić information content (AvgIpc) is 1.50. The highest BCUT2D eigenvalue weighted by molar-refractivity contribution is 6.26. The lowest BCUT2D eigenvalue weighted by atomic mass is 9.70. The van der Waals surface area contributed by atoms with Crippen LogP contribution in [0.3, 0.4) is 0 Å². The molecule has 2 nitrogen and oxygen atoms in total. The summed E-state index contributed by atoms with van der Waals surface area (Å²) in [5.74, 6) is 0. The molecule has 16 aromatic rings. The Balaban J connectivity index is 0.000000177. The molecule has 4 aliphatic rings. The Morgan fingerprint density at radius 1 is 0.221 bits per heavy atom. The lowest BCUT2D eigenvalue weighted by molar-refractivity contribution is 0.727. The third-order valence-electron chi connectivity index (χ3n) is 20.9. The Morgan fingerprint density at radius 2 is 0.425 bits per heavy atom. The maximum absolute atomic E-state index is 4.85. The summed E-state index contributed by atoms with van der Waals surface area (Å²) in [7, 11) is 0. The van der Waals surface area contributed by atoms with Gasteiger partial charge in [-0.05, 0) is 204 Å². The quantitative estimate of drug-likeness (QED) is 0.172.